The molecule has 3 aromatic heterocycles. The molecule has 0 saturated carbocycles. The highest BCUT2D eigenvalue weighted by molar-refractivity contribution is 6.10. The fourth-order valence-corrected chi connectivity index (χ4v) is 6.84. The van der Waals surface area contributed by atoms with Crippen molar-refractivity contribution >= 4 is 62.0 Å². The van der Waals surface area contributed by atoms with Gasteiger partial charge in [-0.25, -0.2) is 0 Å². The Kier molecular flexibility index (Phi) is 4.50. The van der Waals surface area contributed by atoms with Gasteiger partial charge in [0, 0.05) is 49.7 Å². The van der Waals surface area contributed by atoms with Crippen molar-refractivity contribution in [2.24, 2.45) is 0 Å². The Bertz CT molecular complexity index is 2190. The maximum atomic E-state index is 6.36. The van der Waals surface area contributed by atoms with Gasteiger partial charge in [0.25, 0.3) is 0 Å². The molecule has 7 aromatic rings. The predicted molar refractivity (Wildman–Crippen MR) is 167 cm³/mol. The van der Waals surface area contributed by atoms with Crippen molar-refractivity contribution in [3.05, 3.63) is 126 Å². The van der Waals surface area contributed by atoms with Gasteiger partial charge in [-0.15, -0.1) is 0 Å². The van der Waals surface area contributed by atoms with Crippen LogP contribution in [0, 0.1) is 0 Å². The van der Waals surface area contributed by atoms with Crippen LogP contribution < -0.4 is 0 Å². The van der Waals surface area contributed by atoms with E-state index < -0.39 is 0 Å². The summed E-state index contributed by atoms with van der Waals surface area (Å²) in [5.74, 6) is 0. The monoisotopic (exact) mass is 514 g/mol. The molecule has 3 heterocycles. The summed E-state index contributed by atoms with van der Waals surface area (Å²) < 4.78 is 11.2. The van der Waals surface area contributed by atoms with Crippen molar-refractivity contribution in [3.63, 3.8) is 0 Å². The Hall–Kier alpha value is -5.02. The summed E-state index contributed by atoms with van der Waals surface area (Å²) in [6, 6.07) is 30.6. The van der Waals surface area contributed by atoms with E-state index in [1.54, 1.807) is 0 Å². The molecule has 2 aliphatic carbocycles. The van der Waals surface area contributed by atoms with E-state index in [2.05, 4.69) is 131 Å². The lowest BCUT2D eigenvalue weighted by atomic mass is 10.0. The van der Waals surface area contributed by atoms with Crippen LogP contribution in [0.15, 0.2) is 108 Å². The van der Waals surface area contributed by atoms with Crippen LogP contribution in [0.25, 0.3) is 73.3 Å². The zero-order valence-corrected chi connectivity index (χ0v) is 22.0. The predicted octanol–water partition coefficient (Wildman–Crippen LogP) is 9.86. The largest absolute Gasteiger partial charge is 0.456 e. The Morgan fingerprint density at radius 1 is 0.550 bits per heavy atom. The third kappa shape index (κ3) is 3.00. The molecule has 0 amide bonds. The van der Waals surface area contributed by atoms with Gasteiger partial charge in [-0.2, -0.15) is 0 Å². The second-order valence-corrected chi connectivity index (χ2v) is 10.8. The van der Waals surface area contributed by atoms with Gasteiger partial charge in [-0.05, 0) is 73.9 Å². The fraction of sp³-hybridized carbons (Fsp3) is 0.0811. The van der Waals surface area contributed by atoms with E-state index in [4.69, 9.17) is 4.42 Å². The van der Waals surface area contributed by atoms with E-state index >= 15 is 0 Å². The van der Waals surface area contributed by atoms with Crippen molar-refractivity contribution in [2.45, 2.75) is 19.3 Å². The molecule has 0 saturated heterocycles. The SMILES string of the molecule is C1=Cc2c3c(n(-c4ccc5oc6ccc(-n7c8ccccc8c8ccccc87)cc6c5c4)c2C=CC1)CCC=C3. The van der Waals surface area contributed by atoms with E-state index in [9.17, 15) is 0 Å². The van der Waals surface area contributed by atoms with Crippen LogP contribution in [0.5, 0.6) is 0 Å². The zero-order chi connectivity index (χ0) is 26.2. The molecule has 9 rings (SSSR count). The summed E-state index contributed by atoms with van der Waals surface area (Å²) in [7, 11) is 0. The van der Waals surface area contributed by atoms with E-state index in [1.165, 1.54) is 50.0 Å². The van der Waals surface area contributed by atoms with Gasteiger partial charge in [0.05, 0.1) is 16.7 Å². The molecule has 0 radical (unpaired) electrons. The number of nitrogens with zero attached hydrogens (tertiary/aromatic N) is 2. The van der Waals surface area contributed by atoms with Crippen molar-refractivity contribution < 1.29 is 4.42 Å². The van der Waals surface area contributed by atoms with Crippen LogP contribution in [-0.2, 0) is 6.42 Å². The number of hydrogen-bond acceptors (Lipinski definition) is 1. The van der Waals surface area contributed by atoms with Crippen LogP contribution in [-0.4, -0.2) is 9.13 Å². The first-order valence-electron chi connectivity index (χ1n) is 14.1. The summed E-state index contributed by atoms with van der Waals surface area (Å²) in [5.41, 5.74) is 11.9. The number of rotatable bonds is 2. The number of fused-ring (bicyclic) bond motifs is 9. The van der Waals surface area contributed by atoms with Crippen LogP contribution in [0.3, 0.4) is 0 Å². The zero-order valence-electron chi connectivity index (χ0n) is 22.0. The topological polar surface area (TPSA) is 23.0 Å². The smallest absolute Gasteiger partial charge is 0.135 e. The molecule has 2 aliphatic rings. The fourth-order valence-electron chi connectivity index (χ4n) is 6.84. The highest BCUT2D eigenvalue weighted by atomic mass is 16.3. The lowest BCUT2D eigenvalue weighted by Crippen LogP contribution is -2.04. The van der Waals surface area contributed by atoms with Crippen LogP contribution in [0.1, 0.15) is 35.4 Å². The molecule has 0 atom stereocenters. The second kappa shape index (κ2) is 8.24. The number of para-hydroxylation sites is 2. The van der Waals surface area contributed by atoms with Crippen LogP contribution in [0.4, 0.5) is 0 Å². The average molecular weight is 515 g/mol. The summed E-state index contributed by atoms with van der Waals surface area (Å²) >= 11 is 0. The van der Waals surface area contributed by atoms with Gasteiger partial charge < -0.3 is 13.6 Å². The number of hydrogen-bond donors (Lipinski definition) is 0. The Labute approximate surface area is 231 Å². The quantitative estimate of drug-likeness (QED) is 0.225. The normalized spacial score (nSPS) is 14.4. The summed E-state index contributed by atoms with van der Waals surface area (Å²) in [5, 5.41) is 4.82. The molecular formula is C37H26N2O. The summed E-state index contributed by atoms with van der Waals surface area (Å²) in [6.45, 7) is 0. The number of aromatic nitrogens is 2. The lowest BCUT2D eigenvalue weighted by molar-refractivity contribution is 0.668. The van der Waals surface area contributed by atoms with E-state index in [0.717, 1.165) is 46.9 Å². The molecule has 3 nitrogen and oxygen atoms in total. The molecule has 40 heavy (non-hydrogen) atoms. The van der Waals surface area contributed by atoms with Crippen LogP contribution >= 0.6 is 0 Å². The second-order valence-electron chi connectivity index (χ2n) is 10.8. The first kappa shape index (κ1) is 21.9. The van der Waals surface area contributed by atoms with E-state index in [0.29, 0.717) is 0 Å². The van der Waals surface area contributed by atoms with Gasteiger partial charge in [-0.3, -0.25) is 0 Å². The van der Waals surface area contributed by atoms with Gasteiger partial charge in [0.1, 0.15) is 11.2 Å². The molecule has 190 valence electrons. The van der Waals surface area contributed by atoms with Crippen molar-refractivity contribution in [1.82, 2.24) is 9.13 Å². The minimum Gasteiger partial charge on any atom is -0.456 e. The highest BCUT2D eigenvalue weighted by Gasteiger charge is 2.22. The lowest BCUT2D eigenvalue weighted by Gasteiger charge is -2.14. The van der Waals surface area contributed by atoms with Gasteiger partial charge in [0.15, 0.2) is 0 Å². The molecule has 0 fully saturated rings. The van der Waals surface area contributed by atoms with E-state index in [1.807, 2.05) is 0 Å². The molecule has 0 spiro atoms. The Balaban J connectivity index is 1.29. The molecule has 0 unspecified atom stereocenters. The first-order valence-corrected chi connectivity index (χ1v) is 14.1. The van der Waals surface area contributed by atoms with Gasteiger partial charge in [-0.1, -0.05) is 66.8 Å². The van der Waals surface area contributed by atoms with Crippen molar-refractivity contribution in [3.8, 4) is 11.4 Å². The Morgan fingerprint density at radius 3 is 1.90 bits per heavy atom. The molecule has 0 bridgehead atoms. The van der Waals surface area contributed by atoms with Crippen molar-refractivity contribution in [2.75, 3.05) is 0 Å². The first-order chi connectivity index (χ1) is 19.8. The average Bonchev–Trinajstić information content (AvgIpc) is 3.56. The molecule has 4 aromatic carbocycles. The standard InChI is InChI=1S/C37H26N2O/c1-2-10-26-27-11-4-7-15-33(27)38(32(26)14-3-1)24-18-20-36-30(22-24)31-23-25(19-21-37(31)40-36)39-34-16-8-5-12-28(34)29-13-6-9-17-35(29)39/h2-6,8-14,16-23H,1,7,15H2. The third-order valence-electron chi connectivity index (χ3n) is 8.59. The summed E-state index contributed by atoms with van der Waals surface area (Å²) in [4.78, 5) is 0. The highest BCUT2D eigenvalue weighted by Crippen LogP contribution is 2.39. The van der Waals surface area contributed by atoms with Gasteiger partial charge >= 0.3 is 0 Å². The molecule has 3 heteroatoms. The minimum absolute atomic E-state index is 0.913. The molecular weight excluding hydrogens is 488 g/mol. The van der Waals surface area contributed by atoms with Crippen molar-refractivity contribution in [1.29, 1.82) is 0 Å². The number of furan rings is 1. The minimum atomic E-state index is 0.913. The van der Waals surface area contributed by atoms with E-state index in [-0.39, 0.29) is 0 Å². The summed E-state index contributed by atoms with van der Waals surface area (Å²) in [6.07, 6.45) is 16.8. The van der Waals surface area contributed by atoms with Gasteiger partial charge in [0.2, 0.25) is 0 Å². The molecule has 0 N–H and O–H groups in total. The van der Waals surface area contributed by atoms with Crippen LogP contribution in [0.2, 0.25) is 0 Å². The number of allylic oxidation sites excluding steroid dienone is 3. The third-order valence-corrected chi connectivity index (χ3v) is 8.59. The Morgan fingerprint density at radius 2 is 1.18 bits per heavy atom. The maximum absolute atomic E-state index is 6.36. The molecule has 0 aliphatic heterocycles. The maximum Gasteiger partial charge on any atom is 0.135 e. The number of benzene rings is 4.